The lowest BCUT2D eigenvalue weighted by atomic mass is 10.0. The van der Waals surface area contributed by atoms with Gasteiger partial charge in [-0.1, -0.05) is 12.1 Å². The molecule has 126 valence electrons. The van der Waals surface area contributed by atoms with Crippen molar-refractivity contribution in [1.82, 2.24) is 14.9 Å². The van der Waals surface area contributed by atoms with Gasteiger partial charge in [0.15, 0.2) is 0 Å². The van der Waals surface area contributed by atoms with E-state index in [1.54, 1.807) is 30.9 Å². The van der Waals surface area contributed by atoms with Gasteiger partial charge in [0.2, 0.25) is 0 Å². The van der Waals surface area contributed by atoms with Gasteiger partial charge in [0.1, 0.15) is 11.5 Å². The summed E-state index contributed by atoms with van der Waals surface area (Å²) in [4.78, 5) is 23.3. The number of β-amino-alcohol motifs (C(OH)–C–C–N with tert-alkyl or cyclic N) is 1. The first kappa shape index (κ1) is 16.5. The summed E-state index contributed by atoms with van der Waals surface area (Å²) in [7, 11) is 0. The zero-order chi connectivity index (χ0) is 17.4. The van der Waals surface area contributed by atoms with Crippen molar-refractivity contribution in [2.45, 2.75) is 39.3 Å². The standard InChI is InChI=1S/C18H20FN3O2/c1-10-11(2)21-17(12(3)20-10)18(24)22-9-15(23)8-16(22)13-5-4-6-14(19)7-13/h4-7,15-16,23H,8-9H2,1-3H3/t15-,16-/m1/s1. The lowest BCUT2D eigenvalue weighted by Crippen LogP contribution is -2.33. The van der Waals surface area contributed by atoms with Gasteiger partial charge < -0.3 is 10.0 Å². The molecular formula is C18H20FN3O2. The van der Waals surface area contributed by atoms with Crippen molar-refractivity contribution in [1.29, 1.82) is 0 Å². The number of likely N-dealkylation sites (tertiary alicyclic amines) is 1. The van der Waals surface area contributed by atoms with Crippen LogP contribution in [0.3, 0.4) is 0 Å². The van der Waals surface area contributed by atoms with E-state index in [1.807, 2.05) is 6.92 Å². The summed E-state index contributed by atoms with van der Waals surface area (Å²) in [5, 5.41) is 10.0. The Labute approximate surface area is 140 Å². The van der Waals surface area contributed by atoms with Crippen LogP contribution in [-0.2, 0) is 0 Å². The van der Waals surface area contributed by atoms with E-state index in [0.29, 0.717) is 23.4 Å². The average molecular weight is 329 g/mol. The second-order valence-electron chi connectivity index (χ2n) is 6.25. The van der Waals surface area contributed by atoms with E-state index < -0.39 is 6.10 Å². The van der Waals surface area contributed by atoms with Crippen molar-refractivity contribution >= 4 is 5.91 Å². The summed E-state index contributed by atoms with van der Waals surface area (Å²) in [6, 6.07) is 5.78. The highest BCUT2D eigenvalue weighted by molar-refractivity contribution is 5.94. The van der Waals surface area contributed by atoms with Gasteiger partial charge in [-0.25, -0.2) is 9.37 Å². The fraction of sp³-hybridized carbons (Fsp3) is 0.389. The molecule has 1 amide bonds. The minimum atomic E-state index is -0.637. The lowest BCUT2D eigenvalue weighted by Gasteiger charge is -2.25. The molecule has 0 saturated carbocycles. The maximum absolute atomic E-state index is 13.5. The van der Waals surface area contributed by atoms with Crippen LogP contribution in [0.25, 0.3) is 0 Å². The molecule has 3 rings (SSSR count). The molecule has 0 spiro atoms. The van der Waals surface area contributed by atoms with Crippen molar-refractivity contribution in [3.8, 4) is 0 Å². The number of aromatic nitrogens is 2. The number of carbonyl (C=O) groups is 1. The van der Waals surface area contributed by atoms with Gasteiger partial charge in [-0.05, 0) is 44.9 Å². The van der Waals surface area contributed by atoms with Crippen molar-refractivity contribution in [2.24, 2.45) is 0 Å². The van der Waals surface area contributed by atoms with Crippen molar-refractivity contribution in [2.75, 3.05) is 6.54 Å². The Hall–Kier alpha value is -2.34. The first-order valence-corrected chi connectivity index (χ1v) is 7.93. The monoisotopic (exact) mass is 329 g/mol. The maximum atomic E-state index is 13.5. The van der Waals surface area contributed by atoms with E-state index >= 15 is 0 Å². The van der Waals surface area contributed by atoms with Crippen molar-refractivity contribution < 1.29 is 14.3 Å². The number of halogens is 1. The summed E-state index contributed by atoms with van der Waals surface area (Å²) in [5.74, 6) is -0.641. The summed E-state index contributed by atoms with van der Waals surface area (Å²) < 4.78 is 13.5. The molecule has 0 aliphatic carbocycles. The predicted molar refractivity (Wildman–Crippen MR) is 87.0 cm³/mol. The third-order valence-corrected chi connectivity index (χ3v) is 4.46. The fourth-order valence-electron chi connectivity index (χ4n) is 3.12. The Balaban J connectivity index is 1.97. The van der Waals surface area contributed by atoms with E-state index in [-0.39, 0.29) is 30.0 Å². The van der Waals surface area contributed by atoms with Crippen molar-refractivity contribution in [3.63, 3.8) is 0 Å². The highest BCUT2D eigenvalue weighted by Crippen LogP contribution is 2.33. The molecule has 0 unspecified atom stereocenters. The van der Waals surface area contributed by atoms with Crippen LogP contribution < -0.4 is 0 Å². The second-order valence-corrected chi connectivity index (χ2v) is 6.25. The largest absolute Gasteiger partial charge is 0.391 e. The number of hydrogen-bond donors (Lipinski definition) is 1. The van der Waals surface area contributed by atoms with E-state index in [1.165, 1.54) is 12.1 Å². The Kier molecular flexibility index (Phi) is 4.32. The molecule has 2 heterocycles. The zero-order valence-corrected chi connectivity index (χ0v) is 14.0. The smallest absolute Gasteiger partial charge is 0.274 e. The van der Waals surface area contributed by atoms with Crippen molar-refractivity contribution in [3.05, 3.63) is 58.4 Å². The van der Waals surface area contributed by atoms with E-state index in [0.717, 1.165) is 5.69 Å². The molecule has 2 atom stereocenters. The molecule has 1 aromatic heterocycles. The topological polar surface area (TPSA) is 66.3 Å². The molecule has 1 N–H and O–H groups in total. The number of amides is 1. The summed E-state index contributed by atoms with van der Waals surface area (Å²) in [6.07, 6.45) is -0.256. The SMILES string of the molecule is Cc1nc(C)c(C(=O)N2C[C@H](O)C[C@@H]2c2cccc(F)c2)nc1C. The quantitative estimate of drug-likeness (QED) is 0.919. The van der Waals surface area contributed by atoms with Crippen LogP contribution in [0, 0.1) is 26.6 Å². The number of rotatable bonds is 2. The third kappa shape index (κ3) is 3.01. The lowest BCUT2D eigenvalue weighted by molar-refractivity contribution is 0.0708. The Morgan fingerprint density at radius 3 is 2.62 bits per heavy atom. The number of carbonyl (C=O) groups excluding carboxylic acids is 1. The second kappa shape index (κ2) is 6.28. The normalized spacial score (nSPS) is 20.5. The number of aryl methyl sites for hydroxylation is 3. The van der Waals surface area contributed by atoms with Crippen LogP contribution in [-0.4, -0.2) is 38.5 Å². The first-order chi connectivity index (χ1) is 11.4. The van der Waals surface area contributed by atoms with Gasteiger partial charge in [-0.2, -0.15) is 0 Å². The maximum Gasteiger partial charge on any atom is 0.274 e. The highest BCUT2D eigenvalue weighted by Gasteiger charge is 2.37. The van der Waals surface area contributed by atoms with Crippen LogP contribution in [0.2, 0.25) is 0 Å². The molecular weight excluding hydrogens is 309 g/mol. The third-order valence-electron chi connectivity index (χ3n) is 4.46. The predicted octanol–water partition coefficient (Wildman–Crippen LogP) is 2.49. The Bertz CT molecular complexity index is 794. The van der Waals surface area contributed by atoms with Gasteiger partial charge >= 0.3 is 0 Å². The minimum Gasteiger partial charge on any atom is -0.391 e. The number of benzene rings is 1. The van der Waals surface area contributed by atoms with E-state index in [4.69, 9.17) is 0 Å². The molecule has 1 aliphatic rings. The molecule has 1 aliphatic heterocycles. The van der Waals surface area contributed by atoms with E-state index in [2.05, 4.69) is 9.97 Å². The molecule has 24 heavy (non-hydrogen) atoms. The van der Waals surface area contributed by atoms with Crippen LogP contribution in [0.1, 0.15) is 45.6 Å². The van der Waals surface area contributed by atoms with Gasteiger partial charge in [0, 0.05) is 6.54 Å². The molecule has 0 bridgehead atoms. The summed E-state index contributed by atoms with van der Waals surface area (Å²) in [5.41, 5.74) is 3.00. The minimum absolute atomic E-state index is 0.202. The highest BCUT2D eigenvalue weighted by atomic mass is 19.1. The average Bonchev–Trinajstić information content (AvgIpc) is 2.92. The van der Waals surface area contributed by atoms with Crippen LogP contribution >= 0.6 is 0 Å². The molecule has 1 saturated heterocycles. The summed E-state index contributed by atoms with van der Waals surface area (Å²) in [6.45, 7) is 5.60. The van der Waals surface area contributed by atoms with Gasteiger partial charge in [0.25, 0.3) is 5.91 Å². The Morgan fingerprint density at radius 1 is 1.21 bits per heavy atom. The molecule has 0 radical (unpaired) electrons. The summed E-state index contributed by atoms with van der Waals surface area (Å²) >= 11 is 0. The first-order valence-electron chi connectivity index (χ1n) is 7.93. The molecule has 2 aromatic rings. The molecule has 6 heteroatoms. The van der Waals surface area contributed by atoms with Crippen LogP contribution in [0.5, 0.6) is 0 Å². The van der Waals surface area contributed by atoms with Gasteiger partial charge in [0.05, 0.1) is 29.2 Å². The molecule has 1 aromatic carbocycles. The molecule has 1 fully saturated rings. The van der Waals surface area contributed by atoms with E-state index in [9.17, 15) is 14.3 Å². The number of nitrogens with zero attached hydrogens (tertiary/aromatic N) is 3. The van der Waals surface area contributed by atoms with Crippen LogP contribution in [0.15, 0.2) is 24.3 Å². The fourth-order valence-corrected chi connectivity index (χ4v) is 3.12. The van der Waals surface area contributed by atoms with Crippen LogP contribution in [0.4, 0.5) is 4.39 Å². The molecule has 5 nitrogen and oxygen atoms in total. The number of aliphatic hydroxyl groups excluding tert-OH is 1. The number of aliphatic hydroxyl groups is 1. The van der Waals surface area contributed by atoms with Gasteiger partial charge in [-0.15, -0.1) is 0 Å². The van der Waals surface area contributed by atoms with Gasteiger partial charge in [-0.3, -0.25) is 9.78 Å². The zero-order valence-electron chi connectivity index (χ0n) is 14.0. The number of hydrogen-bond acceptors (Lipinski definition) is 4. The Morgan fingerprint density at radius 2 is 1.92 bits per heavy atom.